The average molecular weight is 339 g/mol. The van der Waals surface area contributed by atoms with Crippen LogP contribution in [0.2, 0.25) is 0 Å². The van der Waals surface area contributed by atoms with Crippen LogP contribution in [0.15, 0.2) is 36.4 Å². The summed E-state index contributed by atoms with van der Waals surface area (Å²) in [5.41, 5.74) is 10.2. The summed E-state index contributed by atoms with van der Waals surface area (Å²) in [4.78, 5) is 0. The van der Waals surface area contributed by atoms with E-state index in [1.54, 1.807) is 14.2 Å². The Morgan fingerprint density at radius 2 is 1.68 bits per heavy atom. The maximum absolute atomic E-state index is 6.61. The number of nitrogens with two attached hydrogens (primary N) is 1. The van der Waals surface area contributed by atoms with E-state index in [0.29, 0.717) is 5.92 Å². The Morgan fingerprint density at radius 1 is 0.960 bits per heavy atom. The van der Waals surface area contributed by atoms with Gasteiger partial charge in [-0.3, -0.25) is 0 Å². The van der Waals surface area contributed by atoms with Crippen molar-refractivity contribution < 1.29 is 14.2 Å². The Bertz CT molecular complexity index is 774. The minimum absolute atomic E-state index is 0.178. The molecule has 4 heteroatoms. The van der Waals surface area contributed by atoms with Crippen LogP contribution in [0.1, 0.15) is 54.4 Å². The normalized spacial score (nSPS) is 25.0. The molecule has 1 aliphatic carbocycles. The Balaban J connectivity index is 1.93. The number of fused-ring (bicyclic) bond motifs is 3. The lowest BCUT2D eigenvalue weighted by molar-refractivity contribution is -0.0406. The van der Waals surface area contributed by atoms with Crippen LogP contribution in [0.25, 0.3) is 0 Å². The molecule has 0 amide bonds. The summed E-state index contributed by atoms with van der Waals surface area (Å²) in [7, 11) is 3.45. The van der Waals surface area contributed by atoms with Crippen molar-refractivity contribution in [1.82, 2.24) is 0 Å². The minimum Gasteiger partial charge on any atom is -0.496 e. The monoisotopic (exact) mass is 339 g/mol. The summed E-state index contributed by atoms with van der Waals surface area (Å²) < 4.78 is 18.0. The van der Waals surface area contributed by atoms with Crippen LogP contribution < -0.4 is 15.2 Å². The first-order chi connectivity index (χ1) is 12.2. The van der Waals surface area contributed by atoms with E-state index in [1.807, 2.05) is 30.3 Å². The van der Waals surface area contributed by atoms with Gasteiger partial charge in [0.15, 0.2) is 0 Å². The first kappa shape index (κ1) is 16.3. The number of methoxy groups -OCH3 is 2. The molecule has 132 valence electrons. The molecule has 3 atom stereocenters. The van der Waals surface area contributed by atoms with E-state index < -0.39 is 0 Å². The predicted octanol–water partition coefficient (Wildman–Crippen LogP) is 4.43. The van der Waals surface area contributed by atoms with Gasteiger partial charge in [-0.05, 0) is 42.7 Å². The molecule has 4 rings (SSSR count). The Labute approximate surface area is 148 Å². The standard InChI is InChI=1S/C21H25NO3/c1-23-17-10-11-18(24-2)20-19(17)15-8-3-4-9-16(15)25-21(20)13-6-5-7-14(22)12-13/h5-7,10-12,15-16,21H,3-4,8-9,22H2,1-2H3/t15-,16+,21-/m1/s1. The summed E-state index contributed by atoms with van der Waals surface area (Å²) in [5, 5.41) is 0. The van der Waals surface area contributed by atoms with Gasteiger partial charge in [0, 0.05) is 22.7 Å². The van der Waals surface area contributed by atoms with Gasteiger partial charge in [-0.25, -0.2) is 0 Å². The molecule has 2 aliphatic rings. The number of nitrogen functional groups attached to an aromatic ring is 1. The van der Waals surface area contributed by atoms with Crippen molar-refractivity contribution in [2.75, 3.05) is 20.0 Å². The minimum atomic E-state index is -0.178. The van der Waals surface area contributed by atoms with Gasteiger partial charge in [0.05, 0.1) is 20.3 Å². The second-order valence-electron chi connectivity index (χ2n) is 6.91. The molecule has 2 N–H and O–H groups in total. The molecule has 1 aliphatic heterocycles. The third kappa shape index (κ3) is 2.74. The third-order valence-electron chi connectivity index (χ3n) is 5.51. The number of benzene rings is 2. The van der Waals surface area contributed by atoms with E-state index in [2.05, 4.69) is 6.07 Å². The summed E-state index contributed by atoms with van der Waals surface area (Å²) in [6.07, 6.45) is 4.70. The van der Waals surface area contributed by atoms with Crippen LogP contribution in [0.3, 0.4) is 0 Å². The molecule has 25 heavy (non-hydrogen) atoms. The summed E-state index contributed by atoms with van der Waals surface area (Å²) in [5.74, 6) is 2.16. The number of hydrogen-bond donors (Lipinski definition) is 1. The topological polar surface area (TPSA) is 53.7 Å². The van der Waals surface area contributed by atoms with Crippen molar-refractivity contribution in [3.05, 3.63) is 53.1 Å². The maximum atomic E-state index is 6.61. The fraction of sp³-hybridized carbons (Fsp3) is 0.429. The average Bonchev–Trinajstić information content (AvgIpc) is 2.66. The van der Waals surface area contributed by atoms with Crippen LogP contribution in [0.4, 0.5) is 5.69 Å². The van der Waals surface area contributed by atoms with Crippen molar-refractivity contribution in [3.63, 3.8) is 0 Å². The highest BCUT2D eigenvalue weighted by Gasteiger charge is 2.41. The van der Waals surface area contributed by atoms with Gasteiger partial charge in [0.1, 0.15) is 17.6 Å². The fourth-order valence-corrected chi connectivity index (χ4v) is 4.41. The van der Waals surface area contributed by atoms with Gasteiger partial charge in [-0.1, -0.05) is 25.0 Å². The molecule has 0 bridgehead atoms. The lowest BCUT2D eigenvalue weighted by Crippen LogP contribution is -2.34. The van der Waals surface area contributed by atoms with Crippen LogP contribution in [0.5, 0.6) is 11.5 Å². The molecule has 0 unspecified atom stereocenters. The highest BCUT2D eigenvalue weighted by molar-refractivity contribution is 5.57. The lowest BCUT2D eigenvalue weighted by atomic mass is 9.75. The van der Waals surface area contributed by atoms with Gasteiger partial charge in [0.2, 0.25) is 0 Å². The zero-order valence-corrected chi connectivity index (χ0v) is 14.8. The molecular formula is C21H25NO3. The molecule has 0 radical (unpaired) electrons. The van der Waals surface area contributed by atoms with E-state index in [0.717, 1.165) is 41.2 Å². The lowest BCUT2D eigenvalue weighted by Gasteiger charge is -2.42. The smallest absolute Gasteiger partial charge is 0.125 e. The molecule has 1 saturated carbocycles. The Morgan fingerprint density at radius 3 is 2.40 bits per heavy atom. The zero-order chi connectivity index (χ0) is 17.4. The largest absolute Gasteiger partial charge is 0.496 e. The molecule has 1 fully saturated rings. The van der Waals surface area contributed by atoms with Gasteiger partial charge in [-0.2, -0.15) is 0 Å². The van der Waals surface area contributed by atoms with Crippen LogP contribution >= 0.6 is 0 Å². The molecule has 0 spiro atoms. The molecule has 0 aromatic heterocycles. The van der Waals surface area contributed by atoms with E-state index in [1.165, 1.54) is 18.4 Å². The highest BCUT2D eigenvalue weighted by atomic mass is 16.5. The Kier molecular flexibility index (Phi) is 4.30. The van der Waals surface area contributed by atoms with Crippen molar-refractivity contribution in [3.8, 4) is 11.5 Å². The maximum Gasteiger partial charge on any atom is 0.125 e. The summed E-state index contributed by atoms with van der Waals surface area (Å²) >= 11 is 0. The van der Waals surface area contributed by atoms with E-state index in [9.17, 15) is 0 Å². The summed E-state index contributed by atoms with van der Waals surface area (Å²) in [6, 6.07) is 11.9. The Hall–Kier alpha value is -2.20. The van der Waals surface area contributed by atoms with Gasteiger partial charge in [0.25, 0.3) is 0 Å². The second kappa shape index (κ2) is 6.60. The SMILES string of the molecule is COc1ccc(OC)c2c1[C@@H](c1cccc(N)c1)O[C@H]1CCCC[C@@H]21. The van der Waals surface area contributed by atoms with Crippen molar-refractivity contribution >= 4 is 5.69 Å². The van der Waals surface area contributed by atoms with Gasteiger partial charge >= 0.3 is 0 Å². The molecule has 4 nitrogen and oxygen atoms in total. The van der Waals surface area contributed by atoms with Crippen molar-refractivity contribution in [1.29, 1.82) is 0 Å². The van der Waals surface area contributed by atoms with Crippen LogP contribution in [-0.4, -0.2) is 20.3 Å². The zero-order valence-electron chi connectivity index (χ0n) is 14.8. The van der Waals surface area contributed by atoms with Crippen molar-refractivity contribution in [2.24, 2.45) is 0 Å². The van der Waals surface area contributed by atoms with Gasteiger partial charge in [-0.15, -0.1) is 0 Å². The fourth-order valence-electron chi connectivity index (χ4n) is 4.41. The molecule has 2 aromatic carbocycles. The van der Waals surface area contributed by atoms with Crippen LogP contribution in [-0.2, 0) is 4.74 Å². The first-order valence-electron chi connectivity index (χ1n) is 8.98. The second-order valence-corrected chi connectivity index (χ2v) is 6.91. The number of hydrogen-bond acceptors (Lipinski definition) is 4. The molecule has 2 aromatic rings. The number of ether oxygens (including phenoxy) is 3. The van der Waals surface area contributed by atoms with E-state index in [4.69, 9.17) is 19.9 Å². The molecule has 0 saturated heterocycles. The third-order valence-corrected chi connectivity index (χ3v) is 5.51. The quantitative estimate of drug-likeness (QED) is 0.841. The number of anilines is 1. The first-order valence-corrected chi connectivity index (χ1v) is 8.98. The van der Waals surface area contributed by atoms with E-state index in [-0.39, 0.29) is 12.2 Å². The van der Waals surface area contributed by atoms with Crippen molar-refractivity contribution in [2.45, 2.75) is 43.8 Å². The number of rotatable bonds is 3. The highest BCUT2D eigenvalue weighted by Crippen LogP contribution is 2.52. The summed E-state index contributed by atoms with van der Waals surface area (Å²) in [6.45, 7) is 0. The van der Waals surface area contributed by atoms with Gasteiger partial charge < -0.3 is 19.9 Å². The predicted molar refractivity (Wildman–Crippen MR) is 98.3 cm³/mol. The van der Waals surface area contributed by atoms with Crippen LogP contribution in [0, 0.1) is 0 Å². The van der Waals surface area contributed by atoms with E-state index >= 15 is 0 Å². The molecular weight excluding hydrogens is 314 g/mol. The molecule has 1 heterocycles.